The average molecular weight is 352 g/mol. The van der Waals surface area contributed by atoms with Crippen LogP contribution < -0.4 is 0 Å². The van der Waals surface area contributed by atoms with Gasteiger partial charge in [0.25, 0.3) is 0 Å². The van der Waals surface area contributed by atoms with Gasteiger partial charge < -0.3 is 5.11 Å². The first-order valence-electron chi connectivity index (χ1n) is 4.08. The Morgan fingerprint density at radius 1 is 1.17 bits per heavy atom. The molecule has 0 spiro atoms. The van der Waals surface area contributed by atoms with Crippen LogP contribution >= 0.6 is 8.58 Å². The van der Waals surface area contributed by atoms with Gasteiger partial charge in [-0.2, -0.15) is 0 Å². The van der Waals surface area contributed by atoms with E-state index < -0.39 is 0 Å². The van der Waals surface area contributed by atoms with Gasteiger partial charge in [0.05, 0.1) is 0 Å². The molecule has 3 heteroatoms. The van der Waals surface area contributed by atoms with Crippen molar-refractivity contribution in [1.29, 1.82) is 0 Å². The predicted octanol–water partition coefficient (Wildman–Crippen LogP) is 2.58. The topological polar surface area (TPSA) is 20.2 Å². The zero-order valence-corrected chi connectivity index (χ0v) is 11.4. The van der Waals surface area contributed by atoms with Crippen LogP contribution in [0.5, 0.6) is 0 Å². The van der Waals surface area contributed by atoms with Crippen molar-refractivity contribution >= 4 is 8.58 Å². The summed E-state index contributed by atoms with van der Waals surface area (Å²) in [5.74, 6) is 0.645. The zero-order chi connectivity index (χ0) is 9.23. The van der Waals surface area contributed by atoms with Gasteiger partial charge in [0.2, 0.25) is 0 Å². The van der Waals surface area contributed by atoms with Crippen molar-refractivity contribution in [3.05, 3.63) is 24.3 Å². The van der Waals surface area contributed by atoms with Gasteiger partial charge in [-0.25, -0.2) is 0 Å². The third-order valence-corrected chi connectivity index (χ3v) is 1.77. The molecule has 1 rings (SSSR count). The molecule has 0 bridgehead atoms. The summed E-state index contributed by atoms with van der Waals surface area (Å²) >= 11 is 0.778. The first kappa shape index (κ1) is 12.6. The molecule has 1 aliphatic rings. The first-order valence-corrected chi connectivity index (χ1v) is 8.53. The summed E-state index contributed by atoms with van der Waals surface area (Å²) in [7, 11) is 4.78. The van der Waals surface area contributed by atoms with Crippen LogP contribution in [-0.2, 0) is 23.2 Å². The molecule has 1 N–H and O–H groups in total. The van der Waals surface area contributed by atoms with Crippen LogP contribution in [0.3, 0.4) is 0 Å². The van der Waals surface area contributed by atoms with Crippen molar-refractivity contribution < 1.29 is 28.3 Å². The number of hydrogen-bond acceptors (Lipinski definition) is 1. The van der Waals surface area contributed by atoms with Crippen LogP contribution in [-0.4, -0.2) is 11.7 Å². The third kappa shape index (κ3) is 6.15. The van der Waals surface area contributed by atoms with Crippen LogP contribution in [0.25, 0.3) is 0 Å². The second-order valence-electron chi connectivity index (χ2n) is 2.65. The Bertz CT molecular complexity index is 133. The number of unbranched alkanes of at least 4 members (excludes halogenated alkanes) is 1. The van der Waals surface area contributed by atoms with Gasteiger partial charge in [-0.1, -0.05) is 30.7 Å². The molecule has 0 aromatic heterocycles. The molecule has 0 saturated heterocycles. The molecule has 0 aliphatic heterocycles. The van der Waals surface area contributed by atoms with E-state index >= 15 is 0 Å². The Balaban J connectivity index is 0.000000561. The summed E-state index contributed by atoms with van der Waals surface area (Å²) in [6.07, 6.45) is 11.9. The zero-order valence-electron chi connectivity index (χ0n) is 7.04. The minimum absolute atomic E-state index is 0.333. The molecule has 1 nitrogen and oxygen atoms in total. The van der Waals surface area contributed by atoms with Gasteiger partial charge in [0.15, 0.2) is 0 Å². The predicted molar refractivity (Wildman–Crippen MR) is 48.6 cm³/mol. The van der Waals surface area contributed by atoms with Gasteiger partial charge in [-0.3, -0.25) is 0 Å². The number of hydrogen-bond donors (Lipinski definition) is 1. The Morgan fingerprint density at radius 2 is 1.75 bits per heavy atom. The molecule has 0 saturated carbocycles. The molecule has 0 atom stereocenters. The molecule has 0 unspecified atom stereocenters. The molecule has 0 amide bonds. The van der Waals surface area contributed by atoms with Crippen molar-refractivity contribution in [3.8, 4) is 0 Å². The Labute approximate surface area is 92.6 Å². The average Bonchev–Trinajstić information content (AvgIpc) is 2.61. The molecule has 0 aromatic carbocycles. The van der Waals surface area contributed by atoms with Gasteiger partial charge in [-0.15, -0.1) is 0 Å². The van der Waals surface area contributed by atoms with E-state index in [-0.39, 0.29) is 0 Å². The van der Waals surface area contributed by atoms with Crippen LogP contribution in [0.4, 0.5) is 0 Å². The Morgan fingerprint density at radius 3 is 2.25 bits per heavy atom. The Kier molecular flexibility index (Phi) is 10.2. The van der Waals surface area contributed by atoms with Crippen LogP contribution in [0, 0.1) is 5.92 Å². The fraction of sp³-hybridized carbons (Fsp3) is 0.556. The van der Waals surface area contributed by atoms with Crippen molar-refractivity contribution in [3.63, 3.8) is 0 Å². The van der Waals surface area contributed by atoms with Crippen molar-refractivity contribution in [2.24, 2.45) is 5.92 Å². The minimum atomic E-state index is 0.333. The summed E-state index contributed by atoms with van der Waals surface area (Å²) in [6, 6.07) is 0. The van der Waals surface area contributed by atoms with Gasteiger partial charge in [-0.05, 0) is 18.8 Å². The van der Waals surface area contributed by atoms with Crippen molar-refractivity contribution in [1.82, 2.24) is 0 Å². The molecule has 0 radical (unpaired) electrons. The molecule has 0 fully saturated rings. The standard InChI is InChI=1S/C9H14O.ClH.Hf/c10-8-4-3-7-9-5-1-2-6-9;;/h1-2,5-6,9-10H,3-4,7-8H2;1H;/q;;+1/p-1. The molecule has 1 aliphatic carbocycles. The second kappa shape index (κ2) is 9.69. The number of halogens is 1. The van der Waals surface area contributed by atoms with Gasteiger partial charge in [0, 0.05) is 6.61 Å². The van der Waals surface area contributed by atoms with Crippen LogP contribution in [0.15, 0.2) is 24.3 Å². The van der Waals surface area contributed by atoms with E-state index in [0.717, 1.165) is 36.0 Å². The van der Waals surface area contributed by atoms with Crippen LogP contribution in [0.1, 0.15) is 19.3 Å². The SMILES string of the molecule is OCCCCC1C=CC=C1.[Cl][Hf]. The van der Waals surface area contributed by atoms with E-state index in [2.05, 4.69) is 24.3 Å². The Hall–Kier alpha value is 0.600. The number of rotatable bonds is 4. The summed E-state index contributed by atoms with van der Waals surface area (Å²) in [6.45, 7) is 0.333. The van der Waals surface area contributed by atoms with Crippen molar-refractivity contribution in [2.75, 3.05) is 6.61 Å². The fourth-order valence-corrected chi connectivity index (χ4v) is 1.16. The van der Waals surface area contributed by atoms with E-state index in [4.69, 9.17) is 13.7 Å². The second-order valence-corrected chi connectivity index (χ2v) is 2.65. The number of aliphatic hydroxyl groups excluding tert-OH is 1. The fourth-order valence-electron chi connectivity index (χ4n) is 1.16. The van der Waals surface area contributed by atoms with E-state index in [1.54, 1.807) is 0 Å². The van der Waals surface area contributed by atoms with Gasteiger partial charge in [0.1, 0.15) is 0 Å². The molecule has 12 heavy (non-hydrogen) atoms. The van der Waals surface area contributed by atoms with E-state index in [9.17, 15) is 0 Å². The molecular weight excluding hydrogens is 338 g/mol. The third-order valence-electron chi connectivity index (χ3n) is 1.77. The van der Waals surface area contributed by atoms with E-state index in [1.807, 2.05) is 0 Å². The quantitative estimate of drug-likeness (QED) is 0.609. The summed E-state index contributed by atoms with van der Waals surface area (Å²) in [5, 5.41) is 8.50. The molecule has 67 valence electrons. The van der Waals surface area contributed by atoms with Crippen LogP contribution in [0.2, 0.25) is 0 Å². The summed E-state index contributed by atoms with van der Waals surface area (Å²) in [5.41, 5.74) is 0. The number of aliphatic hydroxyl groups is 1. The van der Waals surface area contributed by atoms with Gasteiger partial charge >= 0.3 is 31.8 Å². The maximum atomic E-state index is 8.50. The molecule has 0 aromatic rings. The number of allylic oxidation sites excluding steroid dienone is 4. The van der Waals surface area contributed by atoms with Crippen molar-refractivity contribution in [2.45, 2.75) is 19.3 Å². The van der Waals surface area contributed by atoms with E-state index in [1.165, 1.54) is 6.42 Å². The maximum absolute atomic E-state index is 8.50. The first-order chi connectivity index (χ1) is 5.93. The van der Waals surface area contributed by atoms with E-state index in [0.29, 0.717) is 12.5 Å². The monoisotopic (exact) mass is 353 g/mol. The summed E-state index contributed by atoms with van der Waals surface area (Å²) < 4.78 is 0. The summed E-state index contributed by atoms with van der Waals surface area (Å²) in [4.78, 5) is 0. The normalized spacial score (nSPS) is 14.4. The molecular formula is C9H14ClHfO. The molecule has 0 heterocycles.